The number of nitro benzene ring substituents is 1. The number of phenolic OH excluding ortho intramolecular Hbond substituents is 1. The first-order chi connectivity index (χ1) is 12.8. The van der Waals surface area contributed by atoms with Gasteiger partial charge in [-0.1, -0.05) is 12.1 Å². The number of benzene rings is 2. The summed E-state index contributed by atoms with van der Waals surface area (Å²) in [6, 6.07) is 9.58. The zero-order chi connectivity index (χ0) is 20.0. The van der Waals surface area contributed by atoms with Crippen LogP contribution >= 0.6 is 0 Å². The van der Waals surface area contributed by atoms with Gasteiger partial charge in [0.05, 0.1) is 16.9 Å². The van der Waals surface area contributed by atoms with Gasteiger partial charge in [-0.3, -0.25) is 14.9 Å². The van der Waals surface area contributed by atoms with E-state index in [0.717, 1.165) is 6.08 Å². The van der Waals surface area contributed by atoms with Crippen molar-refractivity contribution in [1.82, 2.24) is 5.32 Å². The fourth-order valence-electron chi connectivity index (χ4n) is 2.26. The maximum atomic E-state index is 12.0. The van der Waals surface area contributed by atoms with Crippen LogP contribution in [0.1, 0.15) is 18.5 Å². The zero-order valence-electron chi connectivity index (χ0n) is 15.2. The molecule has 0 aliphatic rings. The molecular formula is C18H16N3NaO6. The molecule has 3 N–H and O–H groups in total. The molecule has 1 amide bonds. The average Bonchev–Trinajstić information content (AvgIpc) is 2.60. The van der Waals surface area contributed by atoms with Gasteiger partial charge in [0.1, 0.15) is 5.75 Å². The van der Waals surface area contributed by atoms with Gasteiger partial charge < -0.3 is 25.6 Å². The van der Waals surface area contributed by atoms with E-state index in [2.05, 4.69) is 10.6 Å². The third-order valence-corrected chi connectivity index (χ3v) is 3.53. The van der Waals surface area contributed by atoms with Gasteiger partial charge in [-0.05, 0) is 36.8 Å². The van der Waals surface area contributed by atoms with Gasteiger partial charge >= 0.3 is 29.6 Å². The Labute approximate surface area is 182 Å². The van der Waals surface area contributed by atoms with E-state index in [-0.39, 0.29) is 46.7 Å². The number of phenols is 1. The van der Waals surface area contributed by atoms with Gasteiger partial charge in [-0.2, -0.15) is 0 Å². The van der Waals surface area contributed by atoms with E-state index in [0.29, 0.717) is 11.3 Å². The van der Waals surface area contributed by atoms with Gasteiger partial charge in [-0.15, -0.1) is 0 Å². The first kappa shape index (κ1) is 23.2. The van der Waals surface area contributed by atoms with Crippen molar-refractivity contribution in [2.45, 2.75) is 13.0 Å². The predicted octanol–water partition coefficient (Wildman–Crippen LogP) is -1.77. The summed E-state index contributed by atoms with van der Waals surface area (Å²) in [5.74, 6) is -1.95. The Balaban J connectivity index is 0.00000392. The maximum absolute atomic E-state index is 12.0. The summed E-state index contributed by atoms with van der Waals surface area (Å²) >= 11 is 0. The number of carbonyl (C=O) groups is 2. The fourth-order valence-corrected chi connectivity index (χ4v) is 2.26. The second-order valence-corrected chi connectivity index (χ2v) is 5.61. The molecule has 0 heterocycles. The van der Waals surface area contributed by atoms with Crippen LogP contribution in [0, 0.1) is 10.1 Å². The summed E-state index contributed by atoms with van der Waals surface area (Å²) < 4.78 is 0. The molecule has 0 bridgehead atoms. The van der Waals surface area contributed by atoms with Gasteiger partial charge in [-0.25, -0.2) is 0 Å². The van der Waals surface area contributed by atoms with E-state index >= 15 is 0 Å². The average molecular weight is 393 g/mol. The summed E-state index contributed by atoms with van der Waals surface area (Å²) in [6.45, 7) is 1.51. The van der Waals surface area contributed by atoms with Crippen LogP contribution in [0.5, 0.6) is 5.75 Å². The number of nitrogens with one attached hydrogen (secondary N) is 2. The topological polar surface area (TPSA) is 145 Å². The molecule has 0 saturated heterocycles. The van der Waals surface area contributed by atoms with E-state index in [1.807, 2.05) is 0 Å². The Morgan fingerprint density at radius 1 is 1.11 bits per heavy atom. The van der Waals surface area contributed by atoms with Crippen molar-refractivity contribution < 1.29 is 54.3 Å². The second-order valence-electron chi connectivity index (χ2n) is 5.61. The van der Waals surface area contributed by atoms with Gasteiger partial charge in [0.15, 0.2) is 0 Å². The number of amides is 1. The van der Waals surface area contributed by atoms with Crippen LogP contribution in [-0.2, 0) is 9.59 Å². The maximum Gasteiger partial charge on any atom is 1.00 e. The van der Waals surface area contributed by atoms with Crippen LogP contribution < -0.4 is 45.3 Å². The minimum atomic E-state index is -1.40. The van der Waals surface area contributed by atoms with Crippen LogP contribution in [0.15, 0.2) is 60.3 Å². The summed E-state index contributed by atoms with van der Waals surface area (Å²) in [5, 5.41) is 36.4. The third kappa shape index (κ3) is 6.69. The number of hydrogen-bond donors (Lipinski definition) is 3. The van der Waals surface area contributed by atoms with Crippen molar-refractivity contribution in [3.63, 3.8) is 0 Å². The number of nitrogens with zero attached hydrogens (tertiary/aromatic N) is 1. The number of aliphatic carboxylic acids is 1. The van der Waals surface area contributed by atoms with Crippen LogP contribution in [-0.4, -0.2) is 21.9 Å². The van der Waals surface area contributed by atoms with Crippen LogP contribution in [0.3, 0.4) is 0 Å². The van der Waals surface area contributed by atoms with E-state index in [9.17, 15) is 29.9 Å². The van der Waals surface area contributed by atoms with Crippen LogP contribution in [0.2, 0.25) is 0 Å². The molecule has 1 unspecified atom stereocenters. The molecule has 10 heteroatoms. The predicted molar refractivity (Wildman–Crippen MR) is 94.5 cm³/mol. The minimum absolute atomic E-state index is 0. The largest absolute Gasteiger partial charge is 1.00 e. The molecule has 140 valence electrons. The zero-order valence-corrected chi connectivity index (χ0v) is 17.2. The van der Waals surface area contributed by atoms with Crippen molar-refractivity contribution in [1.29, 1.82) is 0 Å². The summed E-state index contributed by atoms with van der Waals surface area (Å²) in [4.78, 5) is 33.4. The van der Waals surface area contributed by atoms with E-state index < -0.39 is 22.8 Å². The minimum Gasteiger partial charge on any atom is -0.548 e. The Morgan fingerprint density at radius 3 is 2.18 bits per heavy atom. The molecule has 0 aliphatic carbocycles. The summed E-state index contributed by atoms with van der Waals surface area (Å²) in [7, 11) is 0. The first-order valence-electron chi connectivity index (χ1n) is 7.76. The third-order valence-electron chi connectivity index (χ3n) is 3.53. The van der Waals surface area contributed by atoms with Crippen molar-refractivity contribution >= 4 is 23.3 Å². The van der Waals surface area contributed by atoms with Gasteiger partial charge in [0.25, 0.3) is 5.69 Å². The fraction of sp³-hybridized carbons (Fsp3) is 0.111. The van der Waals surface area contributed by atoms with Crippen molar-refractivity contribution in [2.24, 2.45) is 0 Å². The van der Waals surface area contributed by atoms with Crippen molar-refractivity contribution in [3.05, 3.63) is 76.0 Å². The van der Waals surface area contributed by atoms with E-state index in [1.54, 1.807) is 0 Å². The SMILES string of the molecule is CC(=CC(=O)Nc1ccc([N+](=O)[O-])cc1)NC(C(=O)[O-])c1ccc(O)cc1.[Na+]. The first-order valence-corrected chi connectivity index (χ1v) is 7.76. The number of nitro groups is 1. The molecule has 0 spiro atoms. The van der Waals surface area contributed by atoms with E-state index in [4.69, 9.17) is 0 Å². The standard InChI is InChI=1S/C18H17N3O6.Na/c1-11(19-17(18(24)25)12-2-8-15(22)9-3-12)10-16(23)20-13-4-6-14(7-5-13)21(26)27;/h2-10,17,19,22H,1H3,(H,20,23)(H,24,25);/q;+1/p-1. The molecule has 2 rings (SSSR count). The molecule has 9 nitrogen and oxygen atoms in total. The molecule has 0 saturated carbocycles. The van der Waals surface area contributed by atoms with Gasteiger partial charge in [0.2, 0.25) is 5.91 Å². The Kier molecular flexibility index (Phi) is 8.65. The number of anilines is 1. The summed E-state index contributed by atoms with van der Waals surface area (Å²) in [6.07, 6.45) is 1.15. The quantitative estimate of drug-likeness (QED) is 0.218. The van der Waals surface area contributed by atoms with Crippen LogP contribution in [0.25, 0.3) is 0 Å². The number of carboxylic acids is 1. The number of rotatable bonds is 7. The molecule has 0 fully saturated rings. The molecular weight excluding hydrogens is 377 g/mol. The van der Waals surface area contributed by atoms with E-state index in [1.165, 1.54) is 55.5 Å². The molecule has 0 aromatic heterocycles. The Hall–Kier alpha value is -2.88. The number of allylic oxidation sites excluding steroid dienone is 1. The smallest absolute Gasteiger partial charge is 0.548 e. The molecule has 2 aromatic carbocycles. The second kappa shape index (κ2) is 10.5. The molecule has 28 heavy (non-hydrogen) atoms. The number of non-ortho nitro benzene ring substituents is 1. The monoisotopic (exact) mass is 393 g/mol. The molecule has 0 radical (unpaired) electrons. The van der Waals surface area contributed by atoms with Crippen molar-refractivity contribution in [2.75, 3.05) is 5.32 Å². The normalized spacial score (nSPS) is 11.7. The number of carboxylic acid groups (broad SMARTS) is 1. The summed E-state index contributed by atoms with van der Waals surface area (Å²) in [5.41, 5.74) is 0.852. The van der Waals surface area contributed by atoms with Gasteiger partial charge in [0, 0.05) is 29.6 Å². The molecule has 0 aliphatic heterocycles. The Bertz CT molecular complexity index is 881. The number of aromatic hydroxyl groups is 1. The molecule has 2 aromatic rings. The van der Waals surface area contributed by atoms with Crippen molar-refractivity contribution in [3.8, 4) is 5.75 Å². The number of carbonyl (C=O) groups excluding carboxylic acids is 2. The van der Waals surface area contributed by atoms with Crippen LogP contribution in [0.4, 0.5) is 11.4 Å². The molecule has 1 atom stereocenters. The number of hydrogen-bond acceptors (Lipinski definition) is 7. The Morgan fingerprint density at radius 2 is 1.68 bits per heavy atom.